The molecule has 0 atom stereocenters. The van der Waals surface area contributed by atoms with Gasteiger partial charge in [0.1, 0.15) is 4.90 Å². The number of hydrogen-bond acceptors (Lipinski definition) is 3. The molecular weight excluding hydrogens is 453 g/mol. The maximum atomic E-state index is 12.5. The molecule has 3 aromatic rings. The zero-order valence-corrected chi connectivity index (χ0v) is 17.9. The number of nitrogens with one attached hydrogen (secondary N) is 1. The number of carbonyl (C=O) groups excluding carboxylic acids is 1. The van der Waals surface area contributed by atoms with Crippen LogP contribution in [0.3, 0.4) is 0 Å². The Morgan fingerprint density at radius 1 is 0.862 bits per heavy atom. The van der Waals surface area contributed by atoms with Gasteiger partial charge in [-0.15, -0.1) is 0 Å². The van der Waals surface area contributed by atoms with Crippen molar-refractivity contribution in [3.63, 3.8) is 0 Å². The highest BCUT2D eigenvalue weighted by Crippen LogP contribution is 2.27. The first-order valence-electron chi connectivity index (χ1n) is 8.31. The summed E-state index contributed by atoms with van der Waals surface area (Å²) in [6.45, 7) is 0. The number of rotatable bonds is 6. The van der Waals surface area contributed by atoms with Crippen LogP contribution >= 0.6 is 34.8 Å². The Bertz CT molecular complexity index is 1190. The first-order chi connectivity index (χ1) is 13.8. The van der Waals surface area contributed by atoms with E-state index in [4.69, 9.17) is 34.8 Å². The van der Waals surface area contributed by atoms with Crippen LogP contribution in [-0.2, 0) is 10.0 Å². The summed E-state index contributed by atoms with van der Waals surface area (Å²) >= 11 is 17.9. The lowest BCUT2D eigenvalue weighted by Gasteiger charge is -2.10. The summed E-state index contributed by atoms with van der Waals surface area (Å²) in [6, 6.07) is 17.4. The molecule has 0 aliphatic heterocycles. The molecule has 3 aromatic carbocycles. The Morgan fingerprint density at radius 2 is 1.55 bits per heavy atom. The van der Waals surface area contributed by atoms with Gasteiger partial charge in [0.05, 0.1) is 5.02 Å². The molecule has 4 nitrogen and oxygen atoms in total. The summed E-state index contributed by atoms with van der Waals surface area (Å²) in [7, 11) is -3.93. The lowest BCUT2D eigenvalue weighted by atomic mass is 10.1. The first-order valence-corrected chi connectivity index (χ1v) is 10.9. The maximum Gasteiger partial charge on any atom is 0.263 e. The van der Waals surface area contributed by atoms with Crippen LogP contribution < -0.4 is 4.72 Å². The van der Waals surface area contributed by atoms with Gasteiger partial charge in [-0.2, -0.15) is 0 Å². The molecule has 0 unspecified atom stereocenters. The number of halogens is 3. The molecule has 0 spiro atoms. The zero-order valence-electron chi connectivity index (χ0n) is 14.8. The van der Waals surface area contributed by atoms with Crippen molar-refractivity contribution >= 4 is 62.4 Å². The largest absolute Gasteiger partial charge is 0.289 e. The molecule has 148 valence electrons. The molecular formula is C21H14Cl3NO3S. The van der Waals surface area contributed by atoms with Crippen molar-refractivity contribution in [2.45, 2.75) is 4.90 Å². The van der Waals surface area contributed by atoms with Gasteiger partial charge >= 0.3 is 0 Å². The predicted octanol–water partition coefficient (Wildman–Crippen LogP) is 6.34. The second-order valence-electron chi connectivity index (χ2n) is 5.98. The Kier molecular flexibility index (Phi) is 6.65. The van der Waals surface area contributed by atoms with Gasteiger partial charge in [-0.25, -0.2) is 8.42 Å². The summed E-state index contributed by atoms with van der Waals surface area (Å²) in [5.74, 6) is -0.239. The smallest absolute Gasteiger partial charge is 0.263 e. The standard InChI is InChI=1S/C21H14Cl3NO3S/c22-16-8-11-19(24)21(13-16)29(27,28)25-17-9-5-15(6-10-17)20(26)12-7-14-3-1-2-4-18(14)23/h1-13,25H/b12-7+. The van der Waals surface area contributed by atoms with Crippen LogP contribution in [0.4, 0.5) is 5.69 Å². The predicted molar refractivity (Wildman–Crippen MR) is 119 cm³/mol. The Morgan fingerprint density at radius 3 is 2.24 bits per heavy atom. The Hall–Kier alpha value is -2.31. The molecule has 0 heterocycles. The lowest BCUT2D eigenvalue weighted by Crippen LogP contribution is -2.13. The van der Waals surface area contributed by atoms with Gasteiger partial charge in [0.15, 0.2) is 5.78 Å². The minimum Gasteiger partial charge on any atom is -0.289 e. The fraction of sp³-hybridized carbons (Fsp3) is 0. The number of carbonyl (C=O) groups is 1. The van der Waals surface area contributed by atoms with Crippen LogP contribution in [0.25, 0.3) is 6.08 Å². The van der Waals surface area contributed by atoms with E-state index in [1.165, 1.54) is 48.5 Å². The molecule has 0 aliphatic carbocycles. The highest BCUT2D eigenvalue weighted by atomic mass is 35.5. The van der Waals surface area contributed by atoms with E-state index >= 15 is 0 Å². The number of benzene rings is 3. The highest BCUT2D eigenvalue weighted by molar-refractivity contribution is 7.92. The summed E-state index contributed by atoms with van der Waals surface area (Å²) < 4.78 is 27.5. The summed E-state index contributed by atoms with van der Waals surface area (Å²) in [5, 5.41) is 0.848. The number of ketones is 1. The van der Waals surface area contributed by atoms with Crippen LogP contribution in [0.1, 0.15) is 15.9 Å². The highest BCUT2D eigenvalue weighted by Gasteiger charge is 2.18. The Labute approximate surface area is 183 Å². The molecule has 0 saturated carbocycles. The average molecular weight is 467 g/mol. The molecule has 29 heavy (non-hydrogen) atoms. The van der Waals surface area contributed by atoms with Gasteiger partial charge in [-0.3, -0.25) is 9.52 Å². The van der Waals surface area contributed by atoms with Gasteiger partial charge in [-0.1, -0.05) is 53.0 Å². The molecule has 0 fully saturated rings. The minimum atomic E-state index is -3.93. The number of hydrogen-bond donors (Lipinski definition) is 1. The van der Waals surface area contributed by atoms with Crippen LogP contribution in [0.15, 0.2) is 77.7 Å². The SMILES string of the molecule is O=C(/C=C/c1ccccc1Cl)c1ccc(NS(=O)(=O)c2cc(Cl)ccc2Cl)cc1. The van der Waals surface area contributed by atoms with Crippen molar-refractivity contribution in [1.82, 2.24) is 0 Å². The van der Waals surface area contributed by atoms with E-state index in [0.29, 0.717) is 10.6 Å². The van der Waals surface area contributed by atoms with E-state index in [1.807, 2.05) is 6.07 Å². The fourth-order valence-electron chi connectivity index (χ4n) is 2.47. The van der Waals surface area contributed by atoms with E-state index in [2.05, 4.69) is 4.72 Å². The van der Waals surface area contributed by atoms with Crippen molar-refractivity contribution in [3.8, 4) is 0 Å². The average Bonchev–Trinajstić information content (AvgIpc) is 2.69. The topological polar surface area (TPSA) is 63.2 Å². The van der Waals surface area contributed by atoms with Gasteiger partial charge in [0.25, 0.3) is 10.0 Å². The number of sulfonamides is 1. The lowest BCUT2D eigenvalue weighted by molar-refractivity contribution is 0.104. The van der Waals surface area contributed by atoms with Gasteiger partial charge in [0, 0.05) is 21.3 Å². The van der Waals surface area contributed by atoms with Crippen molar-refractivity contribution < 1.29 is 13.2 Å². The van der Waals surface area contributed by atoms with Crippen LogP contribution in [-0.4, -0.2) is 14.2 Å². The molecule has 8 heteroatoms. The number of allylic oxidation sites excluding steroid dienone is 1. The van der Waals surface area contributed by atoms with Gasteiger partial charge < -0.3 is 0 Å². The summed E-state index contributed by atoms with van der Waals surface area (Å²) in [4.78, 5) is 12.2. The molecule has 0 saturated heterocycles. The van der Waals surface area contributed by atoms with Crippen LogP contribution in [0.5, 0.6) is 0 Å². The van der Waals surface area contributed by atoms with E-state index in [1.54, 1.807) is 24.3 Å². The molecule has 1 N–H and O–H groups in total. The normalized spacial score (nSPS) is 11.6. The first kappa shape index (κ1) is 21.4. The molecule has 0 aromatic heterocycles. The van der Waals surface area contributed by atoms with Crippen LogP contribution in [0, 0.1) is 0 Å². The second-order valence-corrected chi connectivity index (χ2v) is 8.88. The van der Waals surface area contributed by atoms with E-state index in [0.717, 1.165) is 5.56 Å². The van der Waals surface area contributed by atoms with E-state index in [-0.39, 0.29) is 26.4 Å². The molecule has 0 amide bonds. The van der Waals surface area contributed by atoms with E-state index < -0.39 is 10.0 Å². The van der Waals surface area contributed by atoms with Crippen LogP contribution in [0.2, 0.25) is 15.1 Å². The van der Waals surface area contributed by atoms with Crippen molar-refractivity contribution in [1.29, 1.82) is 0 Å². The molecule has 0 bridgehead atoms. The van der Waals surface area contributed by atoms with Crippen molar-refractivity contribution in [2.75, 3.05) is 4.72 Å². The summed E-state index contributed by atoms with van der Waals surface area (Å²) in [5.41, 5.74) is 1.41. The molecule has 0 radical (unpaired) electrons. The molecule has 0 aliphatic rings. The third-order valence-electron chi connectivity index (χ3n) is 3.92. The monoisotopic (exact) mass is 465 g/mol. The third-order valence-corrected chi connectivity index (χ3v) is 6.37. The van der Waals surface area contributed by atoms with E-state index in [9.17, 15) is 13.2 Å². The zero-order chi connectivity index (χ0) is 21.0. The fourth-order valence-corrected chi connectivity index (χ4v) is 4.49. The number of anilines is 1. The molecule has 3 rings (SSSR count). The second kappa shape index (κ2) is 9.01. The maximum absolute atomic E-state index is 12.5. The summed E-state index contributed by atoms with van der Waals surface area (Å²) in [6.07, 6.45) is 3.04. The van der Waals surface area contributed by atoms with Gasteiger partial charge in [0.2, 0.25) is 0 Å². The minimum absolute atomic E-state index is 0.0541. The van der Waals surface area contributed by atoms with Crippen molar-refractivity contribution in [3.05, 3.63) is 99.0 Å². The third kappa shape index (κ3) is 5.40. The Balaban J connectivity index is 1.75. The van der Waals surface area contributed by atoms with Gasteiger partial charge in [-0.05, 0) is 66.2 Å². The quantitative estimate of drug-likeness (QED) is 0.340. The van der Waals surface area contributed by atoms with Crippen molar-refractivity contribution in [2.24, 2.45) is 0 Å².